The number of carbonyl (C=O) groups is 1. The van der Waals surface area contributed by atoms with E-state index in [4.69, 9.17) is 9.47 Å². The molecule has 9 nitrogen and oxygen atoms in total. The summed E-state index contributed by atoms with van der Waals surface area (Å²) in [6.07, 6.45) is 1.22. The number of amides is 1. The number of aromatic nitrogens is 3. The first-order valence-corrected chi connectivity index (χ1v) is 11.9. The second-order valence-electron chi connectivity index (χ2n) is 6.83. The highest BCUT2D eigenvalue weighted by Gasteiger charge is 2.29. The van der Waals surface area contributed by atoms with Gasteiger partial charge in [-0.15, -0.1) is 10.2 Å². The summed E-state index contributed by atoms with van der Waals surface area (Å²) < 4.78 is 35.5. The number of nitrogens with zero attached hydrogens (tertiary/aromatic N) is 3. The Balaban J connectivity index is 1.56. The normalized spacial score (nSPS) is 17.8. The van der Waals surface area contributed by atoms with Gasteiger partial charge in [0.05, 0.1) is 37.2 Å². The van der Waals surface area contributed by atoms with E-state index in [2.05, 4.69) is 15.5 Å². The lowest BCUT2D eigenvalue weighted by atomic mass is 10.1. The minimum atomic E-state index is -2.92. The number of carbonyl (C=O) groups excluding carboxylic acids is 1. The van der Waals surface area contributed by atoms with Crippen molar-refractivity contribution >= 4 is 33.2 Å². The summed E-state index contributed by atoms with van der Waals surface area (Å²) in [5.74, 6) is 2.34. The summed E-state index contributed by atoms with van der Waals surface area (Å²) in [6.45, 7) is 0. The van der Waals surface area contributed by atoms with Crippen molar-refractivity contribution in [1.82, 2.24) is 14.8 Å². The monoisotopic (exact) mass is 440 g/mol. The molecular formula is C18H24N4O5S2. The van der Waals surface area contributed by atoms with Crippen molar-refractivity contribution in [3.63, 3.8) is 0 Å². The molecule has 29 heavy (non-hydrogen) atoms. The number of methoxy groups -OCH3 is 2. The van der Waals surface area contributed by atoms with Crippen LogP contribution in [0.3, 0.4) is 0 Å². The Bertz CT molecular complexity index is 990. The molecule has 0 radical (unpaired) electrons. The lowest BCUT2D eigenvalue weighted by Crippen LogP contribution is -2.15. The number of rotatable bonds is 8. The van der Waals surface area contributed by atoms with Gasteiger partial charge >= 0.3 is 0 Å². The third-order valence-electron chi connectivity index (χ3n) is 4.74. The van der Waals surface area contributed by atoms with Crippen LogP contribution in [-0.4, -0.2) is 60.6 Å². The zero-order valence-electron chi connectivity index (χ0n) is 16.5. The predicted octanol–water partition coefficient (Wildman–Crippen LogP) is 1.54. The molecule has 1 N–H and O–H groups in total. The maximum Gasteiger partial charge on any atom is 0.234 e. The second kappa shape index (κ2) is 9.04. The van der Waals surface area contributed by atoms with Gasteiger partial charge in [-0.3, -0.25) is 4.79 Å². The maximum atomic E-state index is 12.3. The van der Waals surface area contributed by atoms with Gasteiger partial charge in [-0.1, -0.05) is 11.8 Å². The third kappa shape index (κ3) is 5.41. The van der Waals surface area contributed by atoms with E-state index in [9.17, 15) is 13.2 Å². The summed E-state index contributed by atoms with van der Waals surface area (Å²) in [4.78, 5) is 12.3. The minimum absolute atomic E-state index is 0.0755. The number of thioether (sulfide) groups is 1. The predicted molar refractivity (Wildman–Crippen MR) is 110 cm³/mol. The van der Waals surface area contributed by atoms with E-state index in [0.29, 0.717) is 35.2 Å². The number of anilines is 1. The molecule has 1 aliphatic rings. The largest absolute Gasteiger partial charge is 0.497 e. The Morgan fingerprint density at radius 3 is 2.76 bits per heavy atom. The van der Waals surface area contributed by atoms with Crippen LogP contribution in [0.15, 0.2) is 23.4 Å². The first-order chi connectivity index (χ1) is 13.8. The molecule has 0 aliphatic carbocycles. The highest BCUT2D eigenvalue weighted by atomic mass is 32.2. The molecule has 0 saturated carbocycles. The average Bonchev–Trinajstić information content (AvgIpc) is 3.22. The van der Waals surface area contributed by atoms with Crippen LogP contribution in [0.25, 0.3) is 0 Å². The number of ether oxygens (including phenoxy) is 2. The van der Waals surface area contributed by atoms with Gasteiger partial charge in [-0.05, 0) is 24.5 Å². The summed E-state index contributed by atoms with van der Waals surface area (Å²) >= 11 is 1.27. The fraction of sp³-hybridized carbons (Fsp3) is 0.500. The van der Waals surface area contributed by atoms with Crippen molar-refractivity contribution in [3.05, 3.63) is 24.0 Å². The molecule has 1 amide bonds. The molecule has 1 fully saturated rings. The second-order valence-corrected chi connectivity index (χ2v) is 10.0. The fourth-order valence-electron chi connectivity index (χ4n) is 3.16. The van der Waals surface area contributed by atoms with E-state index >= 15 is 0 Å². The molecule has 2 heterocycles. The lowest BCUT2D eigenvalue weighted by molar-refractivity contribution is -0.113. The first-order valence-electron chi connectivity index (χ1n) is 9.04. The molecule has 1 atom stereocenters. The highest BCUT2D eigenvalue weighted by Crippen LogP contribution is 2.29. The molecule has 1 aromatic carbocycles. The Kier molecular flexibility index (Phi) is 6.68. The Morgan fingerprint density at radius 1 is 1.31 bits per heavy atom. The van der Waals surface area contributed by atoms with Crippen molar-refractivity contribution in [1.29, 1.82) is 0 Å². The van der Waals surface area contributed by atoms with Gasteiger partial charge in [0.1, 0.15) is 17.3 Å². The number of nitrogens with one attached hydrogen (secondary N) is 1. The number of benzene rings is 1. The van der Waals surface area contributed by atoms with Gasteiger partial charge in [0.25, 0.3) is 0 Å². The van der Waals surface area contributed by atoms with E-state index in [1.54, 1.807) is 25.3 Å². The van der Waals surface area contributed by atoms with Crippen LogP contribution < -0.4 is 14.8 Å². The molecule has 1 aromatic heterocycles. The fourth-order valence-corrected chi connectivity index (χ4v) is 5.75. The van der Waals surface area contributed by atoms with E-state index < -0.39 is 9.84 Å². The summed E-state index contributed by atoms with van der Waals surface area (Å²) in [7, 11) is 1.99. The van der Waals surface area contributed by atoms with Crippen molar-refractivity contribution in [2.24, 2.45) is 13.0 Å². The molecule has 0 bridgehead atoms. The highest BCUT2D eigenvalue weighted by molar-refractivity contribution is 7.99. The standard InChI is InChI=1S/C18H24N4O5S2/c1-22-16(8-12-6-7-29(24,25)11-12)20-21-18(22)28-10-17(23)19-14-5-4-13(26-2)9-15(14)27-3/h4-5,9,12H,6-8,10-11H2,1-3H3,(H,19,23). The van der Waals surface area contributed by atoms with Gasteiger partial charge in [-0.2, -0.15) is 0 Å². The minimum Gasteiger partial charge on any atom is -0.497 e. The molecule has 2 aromatic rings. The van der Waals surface area contributed by atoms with Crippen LogP contribution in [0.2, 0.25) is 0 Å². The van der Waals surface area contributed by atoms with Crippen molar-refractivity contribution in [2.75, 3.05) is 36.8 Å². The van der Waals surface area contributed by atoms with Crippen LogP contribution in [0.1, 0.15) is 12.2 Å². The molecular weight excluding hydrogens is 416 g/mol. The summed E-state index contributed by atoms with van der Waals surface area (Å²) in [5.41, 5.74) is 0.556. The zero-order valence-corrected chi connectivity index (χ0v) is 18.2. The van der Waals surface area contributed by atoms with Gasteiger partial charge in [0.2, 0.25) is 5.91 Å². The van der Waals surface area contributed by atoms with Gasteiger partial charge in [0.15, 0.2) is 15.0 Å². The number of hydrogen-bond donors (Lipinski definition) is 1. The SMILES string of the molecule is COc1ccc(NC(=O)CSc2nnc(CC3CCS(=O)(=O)C3)n2C)c(OC)c1. The Morgan fingerprint density at radius 2 is 2.10 bits per heavy atom. The van der Waals surface area contributed by atoms with Crippen molar-refractivity contribution < 1.29 is 22.7 Å². The quantitative estimate of drug-likeness (QED) is 0.615. The topological polar surface area (TPSA) is 112 Å². The van der Waals surface area contributed by atoms with Gasteiger partial charge in [-0.25, -0.2) is 8.42 Å². The van der Waals surface area contributed by atoms with Gasteiger partial charge in [0, 0.05) is 19.5 Å². The molecule has 1 aliphatic heterocycles. The number of hydrogen-bond acceptors (Lipinski definition) is 8. The Hall–Kier alpha value is -2.27. The average molecular weight is 441 g/mol. The van der Waals surface area contributed by atoms with Crippen LogP contribution in [0.5, 0.6) is 11.5 Å². The van der Waals surface area contributed by atoms with Crippen LogP contribution >= 0.6 is 11.8 Å². The van der Waals surface area contributed by atoms with Crippen LogP contribution in [-0.2, 0) is 28.1 Å². The van der Waals surface area contributed by atoms with Crippen LogP contribution in [0.4, 0.5) is 5.69 Å². The third-order valence-corrected chi connectivity index (χ3v) is 7.60. The molecule has 1 unspecified atom stereocenters. The number of sulfone groups is 1. The smallest absolute Gasteiger partial charge is 0.234 e. The zero-order chi connectivity index (χ0) is 21.0. The van der Waals surface area contributed by atoms with Crippen molar-refractivity contribution in [2.45, 2.75) is 18.0 Å². The van der Waals surface area contributed by atoms with Crippen molar-refractivity contribution in [3.8, 4) is 11.5 Å². The van der Waals surface area contributed by atoms with E-state index in [-0.39, 0.29) is 29.1 Å². The van der Waals surface area contributed by atoms with E-state index in [1.165, 1.54) is 18.9 Å². The molecule has 3 rings (SSSR count). The molecule has 11 heteroatoms. The van der Waals surface area contributed by atoms with E-state index in [1.807, 2.05) is 11.6 Å². The van der Waals surface area contributed by atoms with E-state index in [0.717, 1.165) is 5.82 Å². The van der Waals surface area contributed by atoms with Crippen LogP contribution in [0, 0.1) is 5.92 Å². The molecule has 158 valence electrons. The molecule has 0 spiro atoms. The maximum absolute atomic E-state index is 12.3. The summed E-state index contributed by atoms with van der Waals surface area (Å²) in [6, 6.07) is 5.15. The van der Waals surface area contributed by atoms with Gasteiger partial charge < -0.3 is 19.4 Å². The molecule has 1 saturated heterocycles. The Labute approximate surface area is 174 Å². The summed E-state index contributed by atoms with van der Waals surface area (Å²) in [5, 5.41) is 11.7. The lowest BCUT2D eigenvalue weighted by Gasteiger charge is -2.11. The first kappa shape index (κ1) is 21.4.